The van der Waals surface area contributed by atoms with E-state index in [1.165, 1.54) is 19.2 Å². The molecule has 0 bridgehead atoms. The number of nitro benzene ring substituents is 1. The summed E-state index contributed by atoms with van der Waals surface area (Å²) in [5.41, 5.74) is 0.425. The summed E-state index contributed by atoms with van der Waals surface area (Å²) >= 11 is 0. The van der Waals surface area contributed by atoms with Crippen LogP contribution in [0.3, 0.4) is 0 Å². The molecule has 0 atom stereocenters. The fourth-order valence-electron chi connectivity index (χ4n) is 2.31. The van der Waals surface area contributed by atoms with Crippen molar-refractivity contribution in [1.82, 2.24) is 0 Å². The van der Waals surface area contributed by atoms with Crippen LogP contribution < -0.4 is 4.74 Å². The zero-order chi connectivity index (χ0) is 13.2. The number of non-ortho nitro benzene ring substituents is 1. The monoisotopic (exact) mass is 246 g/mol. The van der Waals surface area contributed by atoms with E-state index in [0.717, 1.165) is 24.8 Å². The fourth-order valence-corrected chi connectivity index (χ4v) is 2.31. The molecule has 0 heterocycles. The Morgan fingerprint density at radius 3 is 2.72 bits per heavy atom. The zero-order valence-corrected chi connectivity index (χ0v) is 10.2. The molecule has 5 heteroatoms. The fraction of sp³-hybridized carbons (Fsp3) is 0.462. The van der Waals surface area contributed by atoms with Gasteiger partial charge < -0.3 is 4.74 Å². The second kappa shape index (κ2) is 4.65. The highest BCUT2D eigenvalue weighted by Crippen LogP contribution is 2.44. The molecule has 0 amide bonds. The lowest BCUT2D eigenvalue weighted by atomic mass is 9.66. The third kappa shape index (κ3) is 2.14. The van der Waals surface area contributed by atoms with Gasteiger partial charge in [0.2, 0.25) is 0 Å². The maximum atomic E-state index is 10.8. The van der Waals surface area contributed by atoms with E-state index in [1.807, 2.05) is 0 Å². The Morgan fingerprint density at radius 2 is 2.28 bits per heavy atom. The summed E-state index contributed by atoms with van der Waals surface area (Å²) in [7, 11) is 1.53. The number of hydrogen-bond donors (Lipinski definition) is 0. The predicted octanol–water partition coefficient (Wildman–Crippen LogP) is 2.84. The van der Waals surface area contributed by atoms with Crippen molar-refractivity contribution in [2.75, 3.05) is 7.11 Å². The molecule has 5 nitrogen and oxygen atoms in total. The molecule has 2 rings (SSSR count). The van der Waals surface area contributed by atoms with Crippen LogP contribution in [0.2, 0.25) is 0 Å². The molecule has 0 aliphatic heterocycles. The third-order valence-corrected chi connectivity index (χ3v) is 3.55. The molecular formula is C13H14N2O3. The molecule has 0 spiro atoms. The van der Waals surface area contributed by atoms with E-state index < -0.39 is 4.92 Å². The second-order valence-corrected chi connectivity index (χ2v) is 4.68. The Hall–Kier alpha value is -2.09. The van der Waals surface area contributed by atoms with E-state index in [9.17, 15) is 15.4 Å². The molecule has 0 saturated heterocycles. The van der Waals surface area contributed by atoms with Gasteiger partial charge in [0.25, 0.3) is 5.69 Å². The predicted molar refractivity (Wildman–Crippen MR) is 65.2 cm³/mol. The van der Waals surface area contributed by atoms with Crippen LogP contribution in [0.15, 0.2) is 18.2 Å². The first kappa shape index (κ1) is 12.4. The number of hydrogen-bond acceptors (Lipinski definition) is 4. The number of nitrogens with zero attached hydrogens (tertiary/aromatic N) is 2. The molecule has 1 aromatic carbocycles. The average molecular weight is 246 g/mol. The summed E-state index contributed by atoms with van der Waals surface area (Å²) in [6, 6.07) is 6.86. The SMILES string of the molecule is COc1ccc([N+](=O)[O-])cc1CC1(C#N)CCC1. The number of methoxy groups -OCH3 is 1. The first-order valence-electron chi connectivity index (χ1n) is 5.83. The third-order valence-electron chi connectivity index (χ3n) is 3.55. The van der Waals surface area contributed by atoms with Crippen molar-refractivity contribution < 1.29 is 9.66 Å². The minimum atomic E-state index is -0.428. The molecule has 1 fully saturated rings. The molecule has 18 heavy (non-hydrogen) atoms. The van der Waals surface area contributed by atoms with E-state index in [2.05, 4.69) is 6.07 Å². The summed E-state index contributed by atoms with van der Waals surface area (Å²) in [6.45, 7) is 0. The highest BCUT2D eigenvalue weighted by atomic mass is 16.6. The molecule has 1 aliphatic rings. The van der Waals surface area contributed by atoms with Crippen LogP contribution in [0, 0.1) is 26.9 Å². The van der Waals surface area contributed by atoms with Crippen molar-refractivity contribution in [2.24, 2.45) is 5.41 Å². The molecule has 1 saturated carbocycles. The highest BCUT2D eigenvalue weighted by molar-refractivity contribution is 5.45. The Kier molecular flexibility index (Phi) is 3.19. The number of benzene rings is 1. The molecule has 94 valence electrons. The molecule has 0 aromatic heterocycles. The summed E-state index contributed by atoms with van der Waals surface area (Å²) in [5.74, 6) is 0.613. The molecule has 1 aromatic rings. The van der Waals surface area contributed by atoms with Crippen LogP contribution in [-0.2, 0) is 6.42 Å². The summed E-state index contributed by atoms with van der Waals surface area (Å²) in [4.78, 5) is 10.3. The molecule has 0 unspecified atom stereocenters. The van der Waals surface area contributed by atoms with Crippen molar-refractivity contribution >= 4 is 5.69 Å². The van der Waals surface area contributed by atoms with E-state index in [0.29, 0.717) is 12.2 Å². The second-order valence-electron chi connectivity index (χ2n) is 4.68. The van der Waals surface area contributed by atoms with Gasteiger partial charge in [0.15, 0.2) is 0 Å². The van der Waals surface area contributed by atoms with Gasteiger partial charge >= 0.3 is 0 Å². The summed E-state index contributed by atoms with van der Waals surface area (Å²) in [6.07, 6.45) is 3.28. The van der Waals surface area contributed by atoms with E-state index in [1.54, 1.807) is 6.07 Å². The smallest absolute Gasteiger partial charge is 0.269 e. The van der Waals surface area contributed by atoms with Gasteiger partial charge in [-0.15, -0.1) is 0 Å². The minimum absolute atomic E-state index is 0.0400. The van der Waals surface area contributed by atoms with Gasteiger partial charge in [-0.25, -0.2) is 0 Å². The van der Waals surface area contributed by atoms with Crippen molar-refractivity contribution in [3.63, 3.8) is 0 Å². The van der Waals surface area contributed by atoms with Gasteiger partial charge in [-0.05, 0) is 25.3 Å². The van der Waals surface area contributed by atoms with Crippen LogP contribution in [-0.4, -0.2) is 12.0 Å². The summed E-state index contributed by atoms with van der Waals surface area (Å²) < 4.78 is 5.21. The Balaban J connectivity index is 2.33. The highest BCUT2D eigenvalue weighted by Gasteiger charge is 2.38. The first-order valence-corrected chi connectivity index (χ1v) is 5.83. The molecule has 0 radical (unpaired) electrons. The normalized spacial score (nSPS) is 16.4. The Bertz CT molecular complexity index is 515. The lowest BCUT2D eigenvalue weighted by Gasteiger charge is -2.35. The number of ether oxygens (including phenoxy) is 1. The molecule has 1 aliphatic carbocycles. The first-order chi connectivity index (χ1) is 8.60. The molecular weight excluding hydrogens is 232 g/mol. The van der Waals surface area contributed by atoms with Gasteiger partial charge in [-0.1, -0.05) is 6.42 Å². The van der Waals surface area contributed by atoms with Crippen molar-refractivity contribution in [3.05, 3.63) is 33.9 Å². The van der Waals surface area contributed by atoms with Gasteiger partial charge in [0, 0.05) is 17.7 Å². The topological polar surface area (TPSA) is 76.2 Å². The maximum absolute atomic E-state index is 10.8. The standard InChI is InChI=1S/C13H14N2O3/c1-18-12-4-3-11(15(16)17)7-10(12)8-13(9-14)5-2-6-13/h3-4,7H,2,5-6,8H2,1H3. The van der Waals surface area contributed by atoms with Crippen LogP contribution in [0.4, 0.5) is 5.69 Å². The lowest BCUT2D eigenvalue weighted by molar-refractivity contribution is -0.384. The largest absolute Gasteiger partial charge is 0.496 e. The quantitative estimate of drug-likeness (QED) is 0.604. The van der Waals surface area contributed by atoms with Crippen molar-refractivity contribution in [2.45, 2.75) is 25.7 Å². The zero-order valence-electron chi connectivity index (χ0n) is 10.2. The van der Waals surface area contributed by atoms with Gasteiger partial charge in [0.1, 0.15) is 5.75 Å². The van der Waals surface area contributed by atoms with Gasteiger partial charge in [0.05, 0.1) is 23.5 Å². The van der Waals surface area contributed by atoms with Gasteiger partial charge in [-0.3, -0.25) is 10.1 Å². The lowest BCUT2D eigenvalue weighted by Crippen LogP contribution is -2.30. The van der Waals surface area contributed by atoms with Crippen LogP contribution >= 0.6 is 0 Å². The van der Waals surface area contributed by atoms with Crippen molar-refractivity contribution in [3.8, 4) is 11.8 Å². The van der Waals surface area contributed by atoms with Crippen LogP contribution in [0.5, 0.6) is 5.75 Å². The van der Waals surface area contributed by atoms with E-state index in [4.69, 9.17) is 4.74 Å². The van der Waals surface area contributed by atoms with Crippen molar-refractivity contribution in [1.29, 1.82) is 5.26 Å². The molecule has 0 N–H and O–H groups in total. The van der Waals surface area contributed by atoms with Crippen LogP contribution in [0.25, 0.3) is 0 Å². The van der Waals surface area contributed by atoms with E-state index in [-0.39, 0.29) is 11.1 Å². The van der Waals surface area contributed by atoms with Crippen LogP contribution in [0.1, 0.15) is 24.8 Å². The number of rotatable bonds is 4. The Morgan fingerprint density at radius 1 is 1.56 bits per heavy atom. The average Bonchev–Trinajstić information content (AvgIpc) is 2.33. The summed E-state index contributed by atoms with van der Waals surface area (Å²) in [5, 5.41) is 20.0. The van der Waals surface area contributed by atoms with E-state index >= 15 is 0 Å². The minimum Gasteiger partial charge on any atom is -0.496 e. The number of nitro groups is 1. The number of nitriles is 1. The van der Waals surface area contributed by atoms with Gasteiger partial charge in [-0.2, -0.15) is 5.26 Å². The maximum Gasteiger partial charge on any atom is 0.269 e. The Labute approximate surface area is 105 Å².